The Kier molecular flexibility index (Phi) is 5.25. The first-order chi connectivity index (χ1) is 9.36. The summed E-state index contributed by atoms with van der Waals surface area (Å²) in [6.07, 6.45) is 0. The van der Waals surface area contributed by atoms with Crippen molar-refractivity contribution >= 4 is 17.8 Å². The van der Waals surface area contributed by atoms with Gasteiger partial charge in [0.25, 0.3) is 5.91 Å². The Morgan fingerprint density at radius 1 is 1.30 bits per heavy atom. The molecule has 20 heavy (non-hydrogen) atoms. The molecule has 108 valence electrons. The Morgan fingerprint density at radius 3 is 2.45 bits per heavy atom. The number of carboxylic acid groups (broad SMARTS) is 1. The molecule has 0 fully saturated rings. The van der Waals surface area contributed by atoms with Crippen LogP contribution < -0.4 is 5.32 Å². The molecule has 0 aliphatic carbocycles. The lowest BCUT2D eigenvalue weighted by molar-refractivity contribution is -0.124. The van der Waals surface area contributed by atoms with Gasteiger partial charge < -0.3 is 15.3 Å². The van der Waals surface area contributed by atoms with Crippen molar-refractivity contribution in [3.05, 3.63) is 35.4 Å². The predicted octanol–water partition coefficient (Wildman–Crippen LogP) is 0.839. The molecule has 6 heteroatoms. The van der Waals surface area contributed by atoms with Crippen LogP contribution in [-0.2, 0) is 4.79 Å². The smallest absolute Gasteiger partial charge is 0.335 e. The zero-order valence-electron chi connectivity index (χ0n) is 11.7. The molecule has 1 aromatic carbocycles. The van der Waals surface area contributed by atoms with Crippen LogP contribution in [0.1, 0.15) is 27.6 Å². The number of carbonyl (C=O) groups excluding carboxylic acids is 2. The maximum atomic E-state index is 12.2. The van der Waals surface area contributed by atoms with E-state index in [2.05, 4.69) is 5.32 Å². The van der Waals surface area contributed by atoms with Crippen LogP contribution in [0.2, 0.25) is 0 Å². The lowest BCUT2D eigenvalue weighted by Gasteiger charge is -2.21. The van der Waals surface area contributed by atoms with Gasteiger partial charge in [-0.15, -0.1) is 0 Å². The summed E-state index contributed by atoms with van der Waals surface area (Å²) in [4.78, 5) is 35.9. The summed E-state index contributed by atoms with van der Waals surface area (Å²) in [5.41, 5.74) is 0.347. The van der Waals surface area contributed by atoms with Gasteiger partial charge in [0.15, 0.2) is 0 Å². The lowest BCUT2D eigenvalue weighted by atomic mass is 10.1. The minimum atomic E-state index is -1.08. The van der Waals surface area contributed by atoms with Crippen molar-refractivity contribution in [2.75, 3.05) is 20.6 Å². The molecule has 0 aliphatic heterocycles. The van der Waals surface area contributed by atoms with Crippen molar-refractivity contribution in [2.45, 2.75) is 6.92 Å². The minimum absolute atomic E-state index is 0.0589. The quantitative estimate of drug-likeness (QED) is 0.835. The fraction of sp³-hybridized carbons (Fsp3) is 0.357. The first-order valence-electron chi connectivity index (χ1n) is 6.17. The number of amides is 2. The molecule has 0 bridgehead atoms. The standard InChI is InChI=1S/C14H18N2O4/c1-9(12(17)15-2)8-16(3)13(18)10-5-4-6-11(7-10)14(19)20/h4-7,9H,8H2,1-3H3,(H,15,17)(H,19,20). The summed E-state index contributed by atoms with van der Waals surface area (Å²) in [5, 5.41) is 11.4. The summed E-state index contributed by atoms with van der Waals surface area (Å²) in [6.45, 7) is 1.98. The average Bonchev–Trinajstić information content (AvgIpc) is 2.45. The van der Waals surface area contributed by atoms with E-state index in [-0.39, 0.29) is 35.4 Å². The summed E-state index contributed by atoms with van der Waals surface area (Å²) in [7, 11) is 3.12. The SMILES string of the molecule is CNC(=O)C(C)CN(C)C(=O)c1cccc(C(=O)O)c1. The van der Waals surface area contributed by atoms with E-state index in [1.165, 1.54) is 30.1 Å². The molecule has 0 spiro atoms. The van der Waals surface area contributed by atoms with Crippen LogP contribution in [0, 0.1) is 5.92 Å². The first kappa shape index (κ1) is 15.7. The number of aromatic carboxylic acids is 1. The van der Waals surface area contributed by atoms with Gasteiger partial charge in [0, 0.05) is 26.2 Å². The monoisotopic (exact) mass is 278 g/mol. The Morgan fingerprint density at radius 2 is 1.90 bits per heavy atom. The Hall–Kier alpha value is -2.37. The second kappa shape index (κ2) is 6.70. The Labute approximate surface area is 117 Å². The van der Waals surface area contributed by atoms with Crippen LogP contribution in [0.3, 0.4) is 0 Å². The molecule has 2 N–H and O–H groups in total. The molecule has 2 amide bonds. The largest absolute Gasteiger partial charge is 0.478 e. The Balaban J connectivity index is 2.81. The van der Waals surface area contributed by atoms with Gasteiger partial charge in [0.05, 0.1) is 11.5 Å². The molecule has 0 saturated carbocycles. The molecule has 0 heterocycles. The molecule has 0 saturated heterocycles. The van der Waals surface area contributed by atoms with Gasteiger partial charge in [0.2, 0.25) is 5.91 Å². The van der Waals surface area contributed by atoms with Gasteiger partial charge in [-0.05, 0) is 18.2 Å². The second-order valence-electron chi connectivity index (χ2n) is 4.59. The minimum Gasteiger partial charge on any atom is -0.478 e. The second-order valence-corrected chi connectivity index (χ2v) is 4.59. The van der Waals surface area contributed by atoms with Gasteiger partial charge in [-0.1, -0.05) is 13.0 Å². The number of rotatable bonds is 5. The van der Waals surface area contributed by atoms with Crippen LogP contribution in [0.5, 0.6) is 0 Å². The van der Waals surface area contributed by atoms with Crippen molar-refractivity contribution in [1.82, 2.24) is 10.2 Å². The number of hydrogen-bond acceptors (Lipinski definition) is 3. The van der Waals surface area contributed by atoms with Crippen LogP contribution in [-0.4, -0.2) is 48.4 Å². The topological polar surface area (TPSA) is 86.7 Å². The Bertz CT molecular complexity index is 528. The maximum absolute atomic E-state index is 12.2. The molecule has 1 aromatic rings. The van der Waals surface area contributed by atoms with Crippen molar-refractivity contribution < 1.29 is 19.5 Å². The lowest BCUT2D eigenvalue weighted by Crippen LogP contribution is -2.37. The zero-order chi connectivity index (χ0) is 15.3. The highest BCUT2D eigenvalue weighted by Crippen LogP contribution is 2.09. The highest BCUT2D eigenvalue weighted by Gasteiger charge is 2.19. The summed E-state index contributed by atoms with van der Waals surface area (Å²) in [5.74, 6) is -1.88. The third-order valence-corrected chi connectivity index (χ3v) is 2.94. The predicted molar refractivity (Wildman–Crippen MR) is 73.6 cm³/mol. The van der Waals surface area contributed by atoms with Crippen molar-refractivity contribution in [2.24, 2.45) is 5.92 Å². The van der Waals surface area contributed by atoms with E-state index in [0.717, 1.165) is 0 Å². The van der Waals surface area contributed by atoms with Crippen LogP contribution in [0.25, 0.3) is 0 Å². The molecular formula is C14H18N2O4. The molecule has 0 aromatic heterocycles. The molecule has 1 unspecified atom stereocenters. The normalized spacial score (nSPS) is 11.6. The first-order valence-corrected chi connectivity index (χ1v) is 6.17. The van der Waals surface area contributed by atoms with E-state index >= 15 is 0 Å². The fourth-order valence-corrected chi connectivity index (χ4v) is 1.83. The molecule has 1 rings (SSSR count). The van der Waals surface area contributed by atoms with E-state index in [4.69, 9.17) is 5.11 Å². The van der Waals surface area contributed by atoms with Crippen LogP contribution in [0.15, 0.2) is 24.3 Å². The number of carboxylic acids is 1. The van der Waals surface area contributed by atoms with E-state index in [0.29, 0.717) is 0 Å². The van der Waals surface area contributed by atoms with Crippen molar-refractivity contribution in [1.29, 1.82) is 0 Å². The summed E-state index contributed by atoms with van der Waals surface area (Å²) in [6, 6.07) is 5.82. The van der Waals surface area contributed by atoms with Crippen LogP contribution in [0.4, 0.5) is 0 Å². The van der Waals surface area contributed by atoms with Crippen LogP contribution >= 0.6 is 0 Å². The van der Waals surface area contributed by atoms with Gasteiger partial charge in [0.1, 0.15) is 0 Å². The number of nitrogens with zero attached hydrogens (tertiary/aromatic N) is 1. The summed E-state index contributed by atoms with van der Waals surface area (Å²) < 4.78 is 0. The molecule has 1 atom stereocenters. The third-order valence-electron chi connectivity index (χ3n) is 2.94. The third kappa shape index (κ3) is 3.81. The number of hydrogen-bond donors (Lipinski definition) is 2. The van der Waals surface area contributed by atoms with Gasteiger partial charge in [-0.25, -0.2) is 4.79 Å². The average molecular weight is 278 g/mol. The number of carbonyl (C=O) groups is 3. The van der Waals surface area contributed by atoms with E-state index in [1.807, 2.05) is 0 Å². The van der Waals surface area contributed by atoms with Crippen molar-refractivity contribution in [3.63, 3.8) is 0 Å². The van der Waals surface area contributed by atoms with E-state index in [1.54, 1.807) is 20.0 Å². The highest BCUT2D eigenvalue weighted by atomic mass is 16.4. The van der Waals surface area contributed by atoms with E-state index < -0.39 is 5.97 Å². The van der Waals surface area contributed by atoms with E-state index in [9.17, 15) is 14.4 Å². The van der Waals surface area contributed by atoms with Gasteiger partial charge in [-0.3, -0.25) is 9.59 Å². The molecule has 0 aliphatic rings. The van der Waals surface area contributed by atoms with Gasteiger partial charge in [-0.2, -0.15) is 0 Å². The maximum Gasteiger partial charge on any atom is 0.335 e. The number of nitrogens with one attached hydrogen (secondary N) is 1. The van der Waals surface area contributed by atoms with Gasteiger partial charge >= 0.3 is 5.97 Å². The van der Waals surface area contributed by atoms with Crippen molar-refractivity contribution in [3.8, 4) is 0 Å². The highest BCUT2D eigenvalue weighted by molar-refractivity contribution is 5.97. The molecule has 6 nitrogen and oxygen atoms in total. The number of benzene rings is 1. The molecule has 0 radical (unpaired) electrons. The fourth-order valence-electron chi connectivity index (χ4n) is 1.83. The summed E-state index contributed by atoms with van der Waals surface area (Å²) >= 11 is 0. The molecular weight excluding hydrogens is 260 g/mol. The zero-order valence-corrected chi connectivity index (χ0v) is 11.7.